The first-order valence-corrected chi connectivity index (χ1v) is 8.43. The first kappa shape index (κ1) is 13.5. The van der Waals surface area contributed by atoms with Gasteiger partial charge >= 0.3 is 0 Å². The smallest absolute Gasteiger partial charge is 0.229 e. The number of amides is 1. The summed E-state index contributed by atoms with van der Waals surface area (Å²) >= 11 is 1.44. The van der Waals surface area contributed by atoms with Gasteiger partial charge in [0.1, 0.15) is 11.3 Å². The molecule has 4 nitrogen and oxygen atoms in total. The Hall–Kier alpha value is -2.14. The van der Waals surface area contributed by atoms with Crippen molar-refractivity contribution in [2.24, 2.45) is 5.92 Å². The lowest BCUT2D eigenvalue weighted by Gasteiger charge is -2.07. The number of fused-ring (bicyclic) bond motifs is 1. The van der Waals surface area contributed by atoms with Crippen molar-refractivity contribution >= 4 is 33.3 Å². The predicted molar refractivity (Wildman–Crippen MR) is 87.9 cm³/mol. The summed E-state index contributed by atoms with van der Waals surface area (Å²) in [6, 6.07) is 9.86. The Kier molecular flexibility index (Phi) is 3.42. The Balaban J connectivity index is 1.54. The molecule has 5 heteroatoms. The van der Waals surface area contributed by atoms with E-state index in [1.807, 2.05) is 35.7 Å². The van der Waals surface area contributed by atoms with Crippen LogP contribution in [0.3, 0.4) is 0 Å². The van der Waals surface area contributed by atoms with E-state index in [2.05, 4.69) is 10.3 Å². The van der Waals surface area contributed by atoms with E-state index in [1.165, 1.54) is 11.3 Å². The van der Waals surface area contributed by atoms with Crippen LogP contribution in [0.25, 0.3) is 22.4 Å². The van der Waals surface area contributed by atoms with Gasteiger partial charge in [-0.25, -0.2) is 4.98 Å². The molecule has 0 unspecified atom stereocenters. The van der Waals surface area contributed by atoms with Crippen LogP contribution in [0.5, 0.6) is 0 Å². The molecular formula is C17H16N2O2S. The van der Waals surface area contributed by atoms with E-state index in [4.69, 9.17) is 4.42 Å². The van der Waals surface area contributed by atoms with Gasteiger partial charge in [0, 0.05) is 16.7 Å². The molecule has 112 valence electrons. The monoisotopic (exact) mass is 312 g/mol. The fourth-order valence-electron chi connectivity index (χ4n) is 2.95. The summed E-state index contributed by atoms with van der Waals surface area (Å²) in [4.78, 5) is 16.6. The fourth-order valence-corrected chi connectivity index (χ4v) is 3.65. The molecule has 1 amide bonds. The van der Waals surface area contributed by atoms with Crippen LogP contribution in [0.2, 0.25) is 0 Å². The molecule has 0 aliphatic heterocycles. The van der Waals surface area contributed by atoms with Crippen LogP contribution in [0, 0.1) is 5.92 Å². The molecule has 22 heavy (non-hydrogen) atoms. The lowest BCUT2D eigenvalue weighted by atomic mass is 10.1. The molecule has 1 fully saturated rings. The number of furan rings is 1. The second-order valence-corrected chi connectivity index (χ2v) is 6.52. The van der Waals surface area contributed by atoms with Gasteiger partial charge in [-0.2, -0.15) is 0 Å². The van der Waals surface area contributed by atoms with Gasteiger partial charge < -0.3 is 9.73 Å². The normalized spacial score (nSPS) is 15.5. The molecule has 1 N–H and O–H groups in total. The van der Waals surface area contributed by atoms with E-state index in [1.54, 1.807) is 0 Å². The number of para-hydroxylation sites is 1. The number of carbonyl (C=O) groups is 1. The summed E-state index contributed by atoms with van der Waals surface area (Å²) in [7, 11) is 0. The zero-order valence-corrected chi connectivity index (χ0v) is 12.9. The van der Waals surface area contributed by atoms with Gasteiger partial charge in [-0.05, 0) is 25.0 Å². The average molecular weight is 312 g/mol. The predicted octanol–water partition coefficient (Wildman–Crippen LogP) is 4.69. The lowest BCUT2D eigenvalue weighted by molar-refractivity contribution is -0.119. The molecule has 1 aliphatic carbocycles. The van der Waals surface area contributed by atoms with Crippen molar-refractivity contribution in [3.63, 3.8) is 0 Å². The maximum absolute atomic E-state index is 12.1. The van der Waals surface area contributed by atoms with E-state index in [-0.39, 0.29) is 11.8 Å². The fraction of sp³-hybridized carbons (Fsp3) is 0.294. The Morgan fingerprint density at radius 1 is 1.27 bits per heavy atom. The molecule has 1 aromatic carbocycles. The quantitative estimate of drug-likeness (QED) is 0.763. The Bertz CT molecular complexity index is 782. The van der Waals surface area contributed by atoms with Crippen LogP contribution in [0.1, 0.15) is 25.7 Å². The maximum atomic E-state index is 12.1. The van der Waals surface area contributed by atoms with Crippen LogP contribution < -0.4 is 5.32 Å². The van der Waals surface area contributed by atoms with Gasteiger partial charge in [0.2, 0.25) is 5.91 Å². The highest BCUT2D eigenvalue weighted by Gasteiger charge is 2.23. The number of benzene rings is 1. The number of rotatable bonds is 3. The number of thiazole rings is 1. The Morgan fingerprint density at radius 2 is 2.09 bits per heavy atom. The van der Waals surface area contributed by atoms with Crippen molar-refractivity contribution in [3.8, 4) is 11.5 Å². The standard InChI is InChI=1S/C17H16N2O2S/c20-16(11-5-1-2-6-11)19-17-18-13(10-22-17)15-9-12-7-3-4-8-14(12)21-15/h3-4,7-11H,1-2,5-6H2,(H,18,19,20). The maximum Gasteiger partial charge on any atom is 0.229 e. The van der Waals surface area contributed by atoms with E-state index < -0.39 is 0 Å². The van der Waals surface area contributed by atoms with Crippen LogP contribution >= 0.6 is 11.3 Å². The summed E-state index contributed by atoms with van der Waals surface area (Å²) in [5.41, 5.74) is 1.62. The van der Waals surface area contributed by atoms with E-state index >= 15 is 0 Å². The molecule has 2 heterocycles. The molecule has 0 radical (unpaired) electrons. The second-order valence-electron chi connectivity index (χ2n) is 5.66. The second kappa shape index (κ2) is 5.57. The van der Waals surface area contributed by atoms with Gasteiger partial charge in [-0.3, -0.25) is 4.79 Å². The van der Waals surface area contributed by atoms with Crippen molar-refractivity contribution in [2.45, 2.75) is 25.7 Å². The molecule has 0 spiro atoms. The lowest BCUT2D eigenvalue weighted by Crippen LogP contribution is -2.20. The molecule has 2 aromatic heterocycles. The van der Waals surface area contributed by atoms with Gasteiger partial charge in [0.05, 0.1) is 0 Å². The SMILES string of the molecule is O=C(Nc1nc(-c2cc3ccccc3o2)cs1)C1CCCC1. The van der Waals surface area contributed by atoms with Gasteiger partial charge in [-0.15, -0.1) is 11.3 Å². The molecule has 0 bridgehead atoms. The zero-order valence-electron chi connectivity index (χ0n) is 12.0. The van der Waals surface area contributed by atoms with Crippen molar-refractivity contribution in [3.05, 3.63) is 35.7 Å². The summed E-state index contributed by atoms with van der Waals surface area (Å²) in [6.07, 6.45) is 4.29. The van der Waals surface area contributed by atoms with Crippen LogP contribution in [-0.4, -0.2) is 10.9 Å². The molecule has 1 aliphatic rings. The van der Waals surface area contributed by atoms with E-state index in [0.29, 0.717) is 5.13 Å². The summed E-state index contributed by atoms with van der Waals surface area (Å²) in [5.74, 6) is 0.986. The van der Waals surface area contributed by atoms with Crippen LogP contribution in [0.15, 0.2) is 40.1 Å². The molecular weight excluding hydrogens is 296 g/mol. The Morgan fingerprint density at radius 3 is 2.91 bits per heavy atom. The number of anilines is 1. The average Bonchev–Trinajstić information content (AvgIpc) is 3.26. The first-order valence-electron chi connectivity index (χ1n) is 7.55. The number of hydrogen-bond acceptors (Lipinski definition) is 4. The minimum atomic E-state index is 0.100. The van der Waals surface area contributed by atoms with E-state index in [0.717, 1.165) is 48.1 Å². The molecule has 1 saturated carbocycles. The van der Waals surface area contributed by atoms with Gasteiger partial charge in [-0.1, -0.05) is 31.0 Å². The molecule has 3 aromatic rings. The number of nitrogens with zero attached hydrogens (tertiary/aromatic N) is 1. The molecule has 0 saturated heterocycles. The molecule has 4 rings (SSSR count). The highest BCUT2D eigenvalue weighted by atomic mass is 32.1. The highest BCUT2D eigenvalue weighted by Crippen LogP contribution is 2.31. The Labute approximate surface area is 132 Å². The van der Waals surface area contributed by atoms with Crippen molar-refractivity contribution in [1.82, 2.24) is 4.98 Å². The summed E-state index contributed by atoms with van der Waals surface area (Å²) in [5, 5.41) is 6.56. The summed E-state index contributed by atoms with van der Waals surface area (Å²) in [6.45, 7) is 0. The van der Waals surface area contributed by atoms with Crippen molar-refractivity contribution in [1.29, 1.82) is 0 Å². The van der Waals surface area contributed by atoms with E-state index in [9.17, 15) is 4.79 Å². The van der Waals surface area contributed by atoms with Crippen molar-refractivity contribution < 1.29 is 9.21 Å². The van der Waals surface area contributed by atoms with Crippen LogP contribution in [0.4, 0.5) is 5.13 Å². The number of hydrogen-bond donors (Lipinski definition) is 1. The third-order valence-corrected chi connectivity index (χ3v) is 4.90. The molecule has 0 atom stereocenters. The number of carbonyl (C=O) groups excluding carboxylic acids is 1. The zero-order chi connectivity index (χ0) is 14.9. The first-order chi connectivity index (χ1) is 10.8. The van der Waals surface area contributed by atoms with Crippen LogP contribution in [-0.2, 0) is 4.79 Å². The van der Waals surface area contributed by atoms with Crippen molar-refractivity contribution in [2.75, 3.05) is 5.32 Å². The third kappa shape index (κ3) is 2.52. The summed E-state index contributed by atoms with van der Waals surface area (Å²) < 4.78 is 5.80. The third-order valence-electron chi connectivity index (χ3n) is 4.14. The highest BCUT2D eigenvalue weighted by molar-refractivity contribution is 7.14. The van der Waals surface area contributed by atoms with Gasteiger partial charge in [0.15, 0.2) is 10.9 Å². The largest absolute Gasteiger partial charge is 0.454 e. The van der Waals surface area contributed by atoms with Gasteiger partial charge in [0.25, 0.3) is 0 Å². The minimum Gasteiger partial charge on any atom is -0.454 e. The topological polar surface area (TPSA) is 55.1 Å². The number of nitrogens with one attached hydrogen (secondary N) is 1. The number of aromatic nitrogens is 1. The minimum absolute atomic E-state index is 0.100.